The number of hydrogen-bond acceptors (Lipinski definition) is 3. The van der Waals surface area contributed by atoms with Gasteiger partial charge in [-0.1, -0.05) is 25.7 Å². The summed E-state index contributed by atoms with van der Waals surface area (Å²) in [6.07, 6.45) is 12.1. The molecule has 1 heterocycles. The molecule has 2 N–H and O–H groups in total. The smallest absolute Gasteiger partial charge is 0.202 e. The maximum atomic E-state index is 4.24. The first-order valence-corrected chi connectivity index (χ1v) is 6.81. The molecule has 96 valence electrons. The predicted molar refractivity (Wildman–Crippen MR) is 71.2 cm³/mol. The van der Waals surface area contributed by atoms with E-state index in [4.69, 9.17) is 0 Å². The molecule has 0 bridgehead atoms. The summed E-state index contributed by atoms with van der Waals surface area (Å²) in [5.74, 6) is 0.952. The van der Waals surface area contributed by atoms with E-state index in [0.29, 0.717) is 0 Å². The van der Waals surface area contributed by atoms with Crippen LogP contribution in [0, 0.1) is 0 Å². The van der Waals surface area contributed by atoms with Gasteiger partial charge in [0.2, 0.25) is 5.95 Å². The molecular formula is C13H24N4. The first kappa shape index (κ1) is 12.4. The zero-order valence-corrected chi connectivity index (χ0v) is 10.8. The van der Waals surface area contributed by atoms with Crippen molar-refractivity contribution in [2.45, 2.75) is 44.6 Å². The summed E-state index contributed by atoms with van der Waals surface area (Å²) < 4.78 is 2.01. The zero-order valence-electron chi connectivity index (χ0n) is 10.8. The highest BCUT2D eigenvalue weighted by Gasteiger charge is 2.10. The van der Waals surface area contributed by atoms with Gasteiger partial charge in [-0.05, 0) is 12.8 Å². The monoisotopic (exact) mass is 236 g/mol. The van der Waals surface area contributed by atoms with Crippen LogP contribution in [0.5, 0.6) is 0 Å². The molecule has 1 aromatic heterocycles. The lowest BCUT2D eigenvalue weighted by Crippen LogP contribution is -2.32. The van der Waals surface area contributed by atoms with Gasteiger partial charge in [-0.3, -0.25) is 0 Å². The second-order valence-electron chi connectivity index (χ2n) is 4.93. The average Bonchev–Trinajstić information content (AvgIpc) is 2.60. The van der Waals surface area contributed by atoms with Crippen molar-refractivity contribution in [1.82, 2.24) is 14.9 Å². The minimum Gasteiger partial charge on any atom is -0.354 e. The Morgan fingerprint density at radius 2 is 2.00 bits per heavy atom. The Hall–Kier alpha value is -1.03. The molecule has 0 atom stereocenters. The van der Waals surface area contributed by atoms with Crippen molar-refractivity contribution in [3.8, 4) is 0 Å². The molecule has 0 aromatic carbocycles. The first-order chi connectivity index (χ1) is 8.36. The second-order valence-corrected chi connectivity index (χ2v) is 4.93. The summed E-state index contributed by atoms with van der Waals surface area (Å²) in [6.45, 7) is 1.97. The Morgan fingerprint density at radius 1 is 1.24 bits per heavy atom. The molecule has 1 aliphatic carbocycles. The minimum atomic E-state index is 0.737. The lowest BCUT2D eigenvalue weighted by Gasteiger charge is -2.16. The van der Waals surface area contributed by atoms with Crippen LogP contribution in [0.4, 0.5) is 5.95 Å². The van der Waals surface area contributed by atoms with Crippen LogP contribution in [-0.2, 0) is 7.05 Å². The summed E-state index contributed by atoms with van der Waals surface area (Å²) in [6, 6.07) is 0.737. The van der Waals surface area contributed by atoms with Gasteiger partial charge in [-0.15, -0.1) is 0 Å². The van der Waals surface area contributed by atoms with E-state index < -0.39 is 0 Å². The Morgan fingerprint density at radius 3 is 2.65 bits per heavy atom. The predicted octanol–water partition coefficient (Wildman–Crippen LogP) is 2.14. The zero-order chi connectivity index (χ0) is 11.9. The molecule has 0 saturated heterocycles. The van der Waals surface area contributed by atoms with Gasteiger partial charge in [0.25, 0.3) is 0 Å². The van der Waals surface area contributed by atoms with E-state index in [9.17, 15) is 0 Å². The van der Waals surface area contributed by atoms with Crippen LogP contribution in [0.25, 0.3) is 0 Å². The fourth-order valence-corrected chi connectivity index (χ4v) is 2.47. The summed E-state index contributed by atoms with van der Waals surface area (Å²) in [5.41, 5.74) is 0. The van der Waals surface area contributed by atoms with Crippen molar-refractivity contribution in [2.75, 3.05) is 18.4 Å². The van der Waals surface area contributed by atoms with Crippen LogP contribution in [0.3, 0.4) is 0 Å². The molecule has 4 nitrogen and oxygen atoms in total. The Balaban J connectivity index is 1.61. The van der Waals surface area contributed by atoms with Crippen molar-refractivity contribution >= 4 is 5.95 Å². The summed E-state index contributed by atoms with van der Waals surface area (Å²) in [4.78, 5) is 4.24. The van der Waals surface area contributed by atoms with Crippen molar-refractivity contribution in [2.24, 2.45) is 7.05 Å². The molecule has 0 radical (unpaired) electrons. The maximum Gasteiger partial charge on any atom is 0.202 e. The number of anilines is 1. The van der Waals surface area contributed by atoms with Gasteiger partial charge in [0.15, 0.2) is 0 Å². The highest BCUT2D eigenvalue weighted by Crippen LogP contribution is 2.16. The minimum absolute atomic E-state index is 0.737. The molecule has 1 saturated carbocycles. The third kappa shape index (κ3) is 4.04. The Kier molecular flexibility index (Phi) is 4.86. The van der Waals surface area contributed by atoms with E-state index in [1.165, 1.54) is 38.5 Å². The number of rotatable bonds is 5. The topological polar surface area (TPSA) is 41.9 Å². The first-order valence-electron chi connectivity index (χ1n) is 6.81. The molecular weight excluding hydrogens is 212 g/mol. The molecule has 0 aliphatic heterocycles. The van der Waals surface area contributed by atoms with E-state index in [1.54, 1.807) is 0 Å². The normalized spacial score (nSPS) is 17.9. The van der Waals surface area contributed by atoms with Crippen LogP contribution in [-0.4, -0.2) is 28.7 Å². The fraction of sp³-hybridized carbons (Fsp3) is 0.769. The van der Waals surface area contributed by atoms with E-state index >= 15 is 0 Å². The number of nitrogens with zero attached hydrogens (tertiary/aromatic N) is 2. The molecule has 1 aliphatic rings. The van der Waals surface area contributed by atoms with E-state index in [1.807, 2.05) is 24.0 Å². The second kappa shape index (κ2) is 6.64. The molecule has 1 aromatic rings. The van der Waals surface area contributed by atoms with Gasteiger partial charge < -0.3 is 15.2 Å². The van der Waals surface area contributed by atoms with Crippen molar-refractivity contribution in [3.63, 3.8) is 0 Å². The molecule has 0 unspecified atom stereocenters. The Bertz CT molecular complexity index is 313. The molecule has 4 heteroatoms. The van der Waals surface area contributed by atoms with Gasteiger partial charge in [-0.2, -0.15) is 0 Å². The Labute approximate surface area is 104 Å². The van der Waals surface area contributed by atoms with Crippen LogP contribution >= 0.6 is 0 Å². The fourth-order valence-electron chi connectivity index (χ4n) is 2.47. The molecule has 17 heavy (non-hydrogen) atoms. The van der Waals surface area contributed by atoms with E-state index in [-0.39, 0.29) is 0 Å². The molecule has 2 rings (SSSR count). The standard InChI is InChI=1S/C13H24N4/c1-17-11-10-16-13(17)15-9-8-14-12-6-4-2-3-5-7-12/h10-12,14H,2-9H2,1H3,(H,15,16). The summed E-state index contributed by atoms with van der Waals surface area (Å²) >= 11 is 0. The number of aromatic nitrogens is 2. The highest BCUT2D eigenvalue weighted by molar-refractivity contribution is 5.24. The highest BCUT2D eigenvalue weighted by atomic mass is 15.2. The largest absolute Gasteiger partial charge is 0.354 e. The SMILES string of the molecule is Cn1ccnc1NCCNC1CCCCCC1. The maximum absolute atomic E-state index is 4.24. The summed E-state index contributed by atoms with van der Waals surface area (Å²) in [5, 5.41) is 6.98. The van der Waals surface area contributed by atoms with Gasteiger partial charge >= 0.3 is 0 Å². The number of imidazole rings is 1. The lowest BCUT2D eigenvalue weighted by atomic mass is 10.1. The quantitative estimate of drug-likeness (QED) is 0.608. The van der Waals surface area contributed by atoms with Crippen LogP contribution in [0.2, 0.25) is 0 Å². The van der Waals surface area contributed by atoms with Crippen LogP contribution < -0.4 is 10.6 Å². The van der Waals surface area contributed by atoms with E-state index in [0.717, 1.165) is 25.1 Å². The van der Waals surface area contributed by atoms with Crippen molar-refractivity contribution in [1.29, 1.82) is 0 Å². The molecule has 1 fully saturated rings. The van der Waals surface area contributed by atoms with Gasteiger partial charge in [0.05, 0.1) is 0 Å². The lowest BCUT2D eigenvalue weighted by molar-refractivity contribution is 0.468. The van der Waals surface area contributed by atoms with E-state index in [2.05, 4.69) is 15.6 Å². The summed E-state index contributed by atoms with van der Waals surface area (Å²) in [7, 11) is 2.01. The van der Waals surface area contributed by atoms with Crippen molar-refractivity contribution in [3.05, 3.63) is 12.4 Å². The average molecular weight is 236 g/mol. The van der Waals surface area contributed by atoms with Crippen LogP contribution in [0.15, 0.2) is 12.4 Å². The number of nitrogens with one attached hydrogen (secondary N) is 2. The number of aryl methyl sites for hydroxylation is 1. The van der Waals surface area contributed by atoms with Crippen LogP contribution in [0.1, 0.15) is 38.5 Å². The molecule has 0 spiro atoms. The van der Waals surface area contributed by atoms with Gasteiger partial charge in [0, 0.05) is 38.6 Å². The van der Waals surface area contributed by atoms with Gasteiger partial charge in [-0.25, -0.2) is 4.98 Å². The molecule has 0 amide bonds. The van der Waals surface area contributed by atoms with Gasteiger partial charge in [0.1, 0.15) is 0 Å². The van der Waals surface area contributed by atoms with Crippen molar-refractivity contribution < 1.29 is 0 Å². The third-order valence-electron chi connectivity index (χ3n) is 3.52. The third-order valence-corrected chi connectivity index (χ3v) is 3.52. The number of hydrogen-bond donors (Lipinski definition) is 2.